The molecular formula is C19H20FNO2. The fourth-order valence-electron chi connectivity index (χ4n) is 1.92. The maximum absolute atomic E-state index is 13.4. The molecule has 23 heavy (non-hydrogen) atoms. The lowest BCUT2D eigenvalue weighted by atomic mass is 10.2. The molecule has 2 rings (SSSR count). The molecule has 0 aliphatic heterocycles. The van der Waals surface area contributed by atoms with Crippen LogP contribution in [0.15, 0.2) is 48.5 Å². The average molecular weight is 313 g/mol. The molecule has 0 bridgehead atoms. The molecule has 1 amide bonds. The van der Waals surface area contributed by atoms with E-state index < -0.39 is 0 Å². The van der Waals surface area contributed by atoms with E-state index in [9.17, 15) is 9.18 Å². The Morgan fingerprint density at radius 1 is 1.22 bits per heavy atom. The van der Waals surface area contributed by atoms with Crippen molar-refractivity contribution in [1.29, 1.82) is 0 Å². The normalized spacial score (nSPS) is 10.7. The van der Waals surface area contributed by atoms with Crippen LogP contribution in [0.25, 0.3) is 6.08 Å². The highest BCUT2D eigenvalue weighted by atomic mass is 19.1. The summed E-state index contributed by atoms with van der Waals surface area (Å²) in [4.78, 5) is 11.8. The van der Waals surface area contributed by atoms with E-state index >= 15 is 0 Å². The number of halogens is 1. The number of hydrogen-bond donors (Lipinski definition) is 1. The second-order valence-corrected chi connectivity index (χ2v) is 5.20. The molecule has 0 saturated carbocycles. The summed E-state index contributed by atoms with van der Waals surface area (Å²) in [6.07, 6.45) is 4.07. The zero-order valence-corrected chi connectivity index (χ0v) is 13.3. The van der Waals surface area contributed by atoms with Crippen molar-refractivity contribution in [2.24, 2.45) is 0 Å². The Balaban J connectivity index is 1.93. The first-order chi connectivity index (χ1) is 11.1. The van der Waals surface area contributed by atoms with E-state index in [1.165, 1.54) is 12.1 Å². The van der Waals surface area contributed by atoms with Crippen molar-refractivity contribution in [1.82, 2.24) is 0 Å². The second kappa shape index (κ2) is 8.13. The molecule has 2 aromatic carbocycles. The third-order valence-corrected chi connectivity index (χ3v) is 3.22. The molecule has 0 spiro atoms. The van der Waals surface area contributed by atoms with Crippen LogP contribution in [0.5, 0.6) is 5.75 Å². The van der Waals surface area contributed by atoms with Gasteiger partial charge in [0.05, 0.1) is 6.61 Å². The van der Waals surface area contributed by atoms with E-state index in [1.807, 2.05) is 24.3 Å². The van der Waals surface area contributed by atoms with Crippen LogP contribution < -0.4 is 10.1 Å². The molecule has 0 aliphatic rings. The van der Waals surface area contributed by atoms with Gasteiger partial charge in [0.15, 0.2) is 0 Å². The van der Waals surface area contributed by atoms with E-state index in [4.69, 9.17) is 4.74 Å². The molecule has 1 N–H and O–H groups in total. The van der Waals surface area contributed by atoms with E-state index in [-0.39, 0.29) is 11.7 Å². The Hall–Kier alpha value is -2.62. The molecule has 0 atom stereocenters. The fraction of sp³-hybridized carbons (Fsp3) is 0.211. The van der Waals surface area contributed by atoms with Crippen LogP contribution in [0.2, 0.25) is 0 Å². The molecule has 0 heterocycles. The van der Waals surface area contributed by atoms with Crippen LogP contribution in [-0.4, -0.2) is 12.5 Å². The maximum Gasteiger partial charge on any atom is 0.248 e. The quantitative estimate of drug-likeness (QED) is 0.793. The van der Waals surface area contributed by atoms with Gasteiger partial charge in [0, 0.05) is 11.8 Å². The van der Waals surface area contributed by atoms with Gasteiger partial charge in [-0.25, -0.2) is 4.39 Å². The van der Waals surface area contributed by atoms with Crippen molar-refractivity contribution < 1.29 is 13.9 Å². The summed E-state index contributed by atoms with van der Waals surface area (Å²) in [5.41, 5.74) is 1.87. The summed E-state index contributed by atoms with van der Waals surface area (Å²) in [6.45, 7) is 4.41. The van der Waals surface area contributed by atoms with Crippen LogP contribution >= 0.6 is 0 Å². The van der Waals surface area contributed by atoms with Gasteiger partial charge in [-0.3, -0.25) is 4.79 Å². The number of carbonyl (C=O) groups excluding carboxylic acids is 1. The molecular weight excluding hydrogens is 293 g/mol. The van der Waals surface area contributed by atoms with Gasteiger partial charge in [0.2, 0.25) is 5.91 Å². The highest BCUT2D eigenvalue weighted by molar-refractivity contribution is 6.01. The molecule has 0 aromatic heterocycles. The molecule has 120 valence electrons. The minimum atomic E-state index is -0.338. The Kier molecular flexibility index (Phi) is 5.92. The molecule has 2 aromatic rings. The third kappa shape index (κ3) is 5.25. The molecule has 0 aliphatic carbocycles. The SMILES string of the molecule is CCCOc1ccc(C=CC(=O)Nc2ccc(C)c(F)c2)cc1. The van der Waals surface area contributed by atoms with Crippen LogP contribution in [0.3, 0.4) is 0 Å². The predicted molar refractivity (Wildman–Crippen MR) is 91.0 cm³/mol. The zero-order valence-electron chi connectivity index (χ0n) is 13.3. The Morgan fingerprint density at radius 3 is 2.61 bits per heavy atom. The van der Waals surface area contributed by atoms with Gasteiger partial charge in [0.1, 0.15) is 11.6 Å². The largest absolute Gasteiger partial charge is 0.494 e. The fourth-order valence-corrected chi connectivity index (χ4v) is 1.92. The van der Waals surface area contributed by atoms with E-state index in [2.05, 4.69) is 12.2 Å². The van der Waals surface area contributed by atoms with E-state index in [1.54, 1.807) is 25.1 Å². The minimum absolute atomic E-state index is 0.306. The minimum Gasteiger partial charge on any atom is -0.494 e. The van der Waals surface area contributed by atoms with Gasteiger partial charge in [0.25, 0.3) is 0 Å². The first kappa shape index (κ1) is 16.7. The van der Waals surface area contributed by atoms with Crippen LogP contribution in [0.1, 0.15) is 24.5 Å². The number of amides is 1. The maximum atomic E-state index is 13.4. The number of carbonyl (C=O) groups is 1. The van der Waals surface area contributed by atoms with Crippen LogP contribution in [0.4, 0.5) is 10.1 Å². The number of aryl methyl sites for hydroxylation is 1. The first-order valence-electron chi connectivity index (χ1n) is 7.56. The molecule has 0 radical (unpaired) electrons. The monoisotopic (exact) mass is 313 g/mol. The Labute approximate surface area is 135 Å². The molecule has 0 unspecified atom stereocenters. The highest BCUT2D eigenvalue weighted by Gasteiger charge is 2.02. The Bertz CT molecular complexity index is 693. The molecule has 0 fully saturated rings. The van der Waals surface area contributed by atoms with E-state index in [0.717, 1.165) is 17.7 Å². The van der Waals surface area contributed by atoms with Crippen LogP contribution in [0, 0.1) is 12.7 Å². The molecule has 3 nitrogen and oxygen atoms in total. The van der Waals surface area contributed by atoms with Gasteiger partial charge in [-0.2, -0.15) is 0 Å². The lowest BCUT2D eigenvalue weighted by Crippen LogP contribution is -2.08. The van der Waals surface area contributed by atoms with E-state index in [0.29, 0.717) is 17.9 Å². The lowest BCUT2D eigenvalue weighted by molar-refractivity contribution is -0.111. The number of hydrogen-bond acceptors (Lipinski definition) is 2. The van der Waals surface area contributed by atoms with Crippen molar-refractivity contribution in [2.45, 2.75) is 20.3 Å². The van der Waals surface area contributed by atoms with Gasteiger partial charge < -0.3 is 10.1 Å². The lowest BCUT2D eigenvalue weighted by Gasteiger charge is -2.05. The summed E-state index contributed by atoms with van der Waals surface area (Å²) in [6, 6.07) is 12.1. The standard InChI is InChI=1S/C19H20FNO2/c1-3-12-23-17-9-5-15(6-10-17)7-11-19(22)21-16-8-4-14(2)18(20)13-16/h4-11,13H,3,12H2,1-2H3,(H,21,22). The summed E-state index contributed by atoms with van der Waals surface area (Å²) in [5.74, 6) is 0.164. The zero-order chi connectivity index (χ0) is 16.7. The first-order valence-corrected chi connectivity index (χ1v) is 7.56. The predicted octanol–water partition coefficient (Wildman–Crippen LogP) is 4.57. The smallest absolute Gasteiger partial charge is 0.248 e. The summed E-state index contributed by atoms with van der Waals surface area (Å²) in [5, 5.41) is 2.63. The summed E-state index contributed by atoms with van der Waals surface area (Å²) >= 11 is 0. The molecule has 4 heteroatoms. The van der Waals surface area contributed by atoms with Gasteiger partial charge >= 0.3 is 0 Å². The van der Waals surface area contributed by atoms with Crippen molar-refractivity contribution >= 4 is 17.7 Å². The number of benzene rings is 2. The third-order valence-electron chi connectivity index (χ3n) is 3.22. The van der Waals surface area contributed by atoms with Gasteiger partial charge in [-0.15, -0.1) is 0 Å². The van der Waals surface area contributed by atoms with Crippen molar-refractivity contribution in [3.63, 3.8) is 0 Å². The van der Waals surface area contributed by atoms with Crippen molar-refractivity contribution in [3.05, 3.63) is 65.5 Å². The number of ether oxygens (including phenoxy) is 1. The topological polar surface area (TPSA) is 38.3 Å². The highest BCUT2D eigenvalue weighted by Crippen LogP contribution is 2.15. The van der Waals surface area contributed by atoms with Gasteiger partial charge in [-0.1, -0.05) is 25.1 Å². The second-order valence-electron chi connectivity index (χ2n) is 5.20. The van der Waals surface area contributed by atoms with Crippen molar-refractivity contribution in [2.75, 3.05) is 11.9 Å². The number of rotatable bonds is 6. The van der Waals surface area contributed by atoms with Crippen molar-refractivity contribution in [3.8, 4) is 5.75 Å². The number of nitrogens with one attached hydrogen (secondary N) is 1. The summed E-state index contributed by atoms with van der Waals surface area (Å²) in [7, 11) is 0. The summed E-state index contributed by atoms with van der Waals surface area (Å²) < 4.78 is 18.9. The molecule has 0 saturated heterocycles. The van der Waals surface area contributed by atoms with Crippen LogP contribution in [-0.2, 0) is 4.79 Å². The average Bonchev–Trinajstić information content (AvgIpc) is 2.55. The number of anilines is 1. The van der Waals surface area contributed by atoms with Gasteiger partial charge in [-0.05, 0) is 54.8 Å². The Morgan fingerprint density at radius 2 is 1.96 bits per heavy atom.